The van der Waals surface area contributed by atoms with Crippen molar-refractivity contribution in [3.05, 3.63) is 52.2 Å². The Bertz CT molecular complexity index is 654. The largest absolute Gasteiger partial charge is 0.497 e. The lowest BCUT2D eigenvalue weighted by atomic mass is 10.0. The van der Waals surface area contributed by atoms with Gasteiger partial charge in [-0.3, -0.25) is 9.69 Å². The molecule has 1 N–H and O–H groups in total. The number of rotatable bonds is 6. The van der Waals surface area contributed by atoms with Crippen LogP contribution >= 0.6 is 11.3 Å². The van der Waals surface area contributed by atoms with Gasteiger partial charge in [0.05, 0.1) is 31.2 Å². The summed E-state index contributed by atoms with van der Waals surface area (Å²) in [5.41, 5.74) is 1.14. The molecule has 128 valence electrons. The molecule has 2 heterocycles. The molecule has 6 heteroatoms. The Morgan fingerprint density at radius 2 is 2.17 bits per heavy atom. The fourth-order valence-electron chi connectivity index (χ4n) is 2.88. The highest BCUT2D eigenvalue weighted by atomic mass is 32.1. The smallest absolute Gasteiger partial charge is 0.261 e. The first-order chi connectivity index (χ1) is 11.8. The Balaban J connectivity index is 1.75. The van der Waals surface area contributed by atoms with E-state index in [9.17, 15) is 4.79 Å². The Morgan fingerprint density at radius 3 is 2.88 bits per heavy atom. The summed E-state index contributed by atoms with van der Waals surface area (Å²) in [5, 5.41) is 4.98. The first-order valence-electron chi connectivity index (χ1n) is 8.05. The lowest BCUT2D eigenvalue weighted by Gasteiger charge is -2.35. The maximum atomic E-state index is 12.3. The molecule has 1 saturated heterocycles. The Morgan fingerprint density at radius 1 is 1.33 bits per heavy atom. The molecule has 1 atom stereocenters. The highest BCUT2D eigenvalue weighted by molar-refractivity contribution is 7.12. The van der Waals surface area contributed by atoms with Crippen molar-refractivity contribution in [1.29, 1.82) is 0 Å². The summed E-state index contributed by atoms with van der Waals surface area (Å²) in [4.78, 5) is 15.4. The molecule has 2 aromatic rings. The molecule has 0 bridgehead atoms. The molecule has 5 nitrogen and oxygen atoms in total. The molecular weight excluding hydrogens is 324 g/mol. The van der Waals surface area contributed by atoms with Gasteiger partial charge in [0.1, 0.15) is 5.75 Å². The van der Waals surface area contributed by atoms with Crippen molar-refractivity contribution in [3.8, 4) is 5.75 Å². The van der Waals surface area contributed by atoms with E-state index in [-0.39, 0.29) is 11.9 Å². The number of morpholine rings is 1. The van der Waals surface area contributed by atoms with Crippen molar-refractivity contribution >= 4 is 17.2 Å². The fourth-order valence-corrected chi connectivity index (χ4v) is 3.52. The van der Waals surface area contributed by atoms with Crippen molar-refractivity contribution in [2.75, 3.05) is 40.0 Å². The van der Waals surface area contributed by atoms with Crippen molar-refractivity contribution in [1.82, 2.24) is 10.2 Å². The Labute approximate surface area is 146 Å². The molecule has 1 aliphatic rings. The molecule has 3 rings (SSSR count). The normalized spacial score (nSPS) is 16.5. The van der Waals surface area contributed by atoms with E-state index in [2.05, 4.69) is 16.3 Å². The first-order valence-corrected chi connectivity index (χ1v) is 8.93. The van der Waals surface area contributed by atoms with Gasteiger partial charge in [0.25, 0.3) is 5.91 Å². The quantitative estimate of drug-likeness (QED) is 0.873. The third-order valence-electron chi connectivity index (χ3n) is 4.17. The summed E-state index contributed by atoms with van der Waals surface area (Å²) < 4.78 is 10.8. The van der Waals surface area contributed by atoms with Gasteiger partial charge in [-0.1, -0.05) is 18.2 Å². The molecule has 1 amide bonds. The number of methoxy groups -OCH3 is 1. The summed E-state index contributed by atoms with van der Waals surface area (Å²) in [6.07, 6.45) is 0. The second kappa shape index (κ2) is 8.28. The lowest BCUT2D eigenvalue weighted by Crippen LogP contribution is -2.43. The number of nitrogens with one attached hydrogen (secondary N) is 1. The molecular formula is C18H22N2O3S. The third-order valence-corrected chi connectivity index (χ3v) is 5.03. The second-order valence-corrected chi connectivity index (χ2v) is 6.58. The van der Waals surface area contributed by atoms with Gasteiger partial charge >= 0.3 is 0 Å². The highest BCUT2D eigenvalue weighted by Gasteiger charge is 2.23. The van der Waals surface area contributed by atoms with Crippen molar-refractivity contribution in [2.24, 2.45) is 0 Å². The van der Waals surface area contributed by atoms with Crippen LogP contribution < -0.4 is 10.1 Å². The van der Waals surface area contributed by atoms with Crippen LogP contribution in [-0.4, -0.2) is 50.8 Å². The zero-order valence-electron chi connectivity index (χ0n) is 13.7. The number of benzene rings is 1. The zero-order chi connectivity index (χ0) is 16.8. The summed E-state index contributed by atoms with van der Waals surface area (Å²) >= 11 is 1.45. The zero-order valence-corrected chi connectivity index (χ0v) is 14.6. The van der Waals surface area contributed by atoms with Gasteiger partial charge in [-0.25, -0.2) is 0 Å². The van der Waals surface area contributed by atoms with Crippen LogP contribution in [0.1, 0.15) is 21.3 Å². The molecule has 0 saturated carbocycles. The van der Waals surface area contributed by atoms with E-state index in [1.54, 1.807) is 7.11 Å². The van der Waals surface area contributed by atoms with Crippen LogP contribution in [0.25, 0.3) is 0 Å². The predicted octanol–water partition coefficient (Wildman–Crippen LogP) is 2.56. The average molecular weight is 346 g/mol. The molecule has 1 aromatic carbocycles. The van der Waals surface area contributed by atoms with Crippen LogP contribution in [0, 0.1) is 0 Å². The van der Waals surface area contributed by atoms with Gasteiger partial charge < -0.3 is 14.8 Å². The standard InChI is InChI=1S/C18H22N2O3S/c1-22-15-5-2-4-14(12-15)16(20-7-9-23-10-8-20)13-19-18(21)17-6-3-11-24-17/h2-6,11-12,16H,7-10,13H2,1H3,(H,19,21)/t16-/m1/s1. The Kier molecular flexibility index (Phi) is 5.85. The first kappa shape index (κ1) is 17.0. The summed E-state index contributed by atoms with van der Waals surface area (Å²) in [6, 6.07) is 11.9. The van der Waals surface area contributed by atoms with Crippen LogP contribution in [0.2, 0.25) is 0 Å². The maximum Gasteiger partial charge on any atom is 0.261 e. The van der Waals surface area contributed by atoms with E-state index in [4.69, 9.17) is 9.47 Å². The molecule has 0 spiro atoms. The number of hydrogen-bond donors (Lipinski definition) is 1. The molecule has 0 radical (unpaired) electrons. The number of nitrogens with zero attached hydrogens (tertiary/aromatic N) is 1. The Hall–Kier alpha value is -1.89. The summed E-state index contributed by atoms with van der Waals surface area (Å²) in [5.74, 6) is 0.807. The third kappa shape index (κ3) is 4.14. The van der Waals surface area contributed by atoms with E-state index in [0.717, 1.165) is 42.5 Å². The summed E-state index contributed by atoms with van der Waals surface area (Å²) in [6.45, 7) is 3.72. The highest BCUT2D eigenvalue weighted by Crippen LogP contribution is 2.25. The van der Waals surface area contributed by atoms with Gasteiger partial charge in [0, 0.05) is 19.6 Å². The minimum Gasteiger partial charge on any atom is -0.497 e. The van der Waals surface area contributed by atoms with E-state index >= 15 is 0 Å². The average Bonchev–Trinajstić information content (AvgIpc) is 3.18. The van der Waals surface area contributed by atoms with Gasteiger partial charge in [0.2, 0.25) is 0 Å². The van der Waals surface area contributed by atoms with Gasteiger partial charge in [0.15, 0.2) is 0 Å². The molecule has 1 aliphatic heterocycles. The second-order valence-electron chi connectivity index (χ2n) is 5.63. The van der Waals surface area contributed by atoms with E-state index in [0.29, 0.717) is 6.54 Å². The van der Waals surface area contributed by atoms with E-state index in [1.807, 2.05) is 35.7 Å². The van der Waals surface area contributed by atoms with Crippen LogP contribution in [-0.2, 0) is 4.74 Å². The molecule has 24 heavy (non-hydrogen) atoms. The lowest BCUT2D eigenvalue weighted by molar-refractivity contribution is 0.0162. The number of hydrogen-bond acceptors (Lipinski definition) is 5. The fraction of sp³-hybridized carbons (Fsp3) is 0.389. The number of ether oxygens (including phenoxy) is 2. The molecule has 1 fully saturated rings. The van der Waals surface area contributed by atoms with Gasteiger partial charge in [-0.05, 0) is 29.1 Å². The molecule has 1 aromatic heterocycles. The van der Waals surface area contributed by atoms with Crippen LogP contribution in [0.3, 0.4) is 0 Å². The van der Waals surface area contributed by atoms with Gasteiger partial charge in [-0.2, -0.15) is 0 Å². The van der Waals surface area contributed by atoms with Gasteiger partial charge in [-0.15, -0.1) is 11.3 Å². The SMILES string of the molecule is COc1cccc([C@@H](CNC(=O)c2cccs2)N2CCOCC2)c1. The van der Waals surface area contributed by atoms with Crippen molar-refractivity contribution in [2.45, 2.75) is 6.04 Å². The monoisotopic (exact) mass is 346 g/mol. The maximum absolute atomic E-state index is 12.3. The summed E-state index contributed by atoms with van der Waals surface area (Å²) in [7, 11) is 1.67. The minimum absolute atomic E-state index is 0.0221. The number of amides is 1. The van der Waals surface area contributed by atoms with Crippen molar-refractivity contribution in [3.63, 3.8) is 0 Å². The minimum atomic E-state index is -0.0221. The van der Waals surface area contributed by atoms with Crippen molar-refractivity contribution < 1.29 is 14.3 Å². The molecule has 0 unspecified atom stereocenters. The van der Waals surface area contributed by atoms with Crippen LogP contribution in [0.4, 0.5) is 0 Å². The number of carbonyl (C=O) groups is 1. The van der Waals surface area contributed by atoms with E-state index in [1.165, 1.54) is 11.3 Å². The predicted molar refractivity (Wildman–Crippen MR) is 94.8 cm³/mol. The van der Waals surface area contributed by atoms with Crippen LogP contribution in [0.5, 0.6) is 5.75 Å². The van der Waals surface area contributed by atoms with E-state index < -0.39 is 0 Å². The number of carbonyl (C=O) groups excluding carboxylic acids is 1. The van der Waals surface area contributed by atoms with Crippen LogP contribution in [0.15, 0.2) is 41.8 Å². The number of thiophene rings is 1. The molecule has 0 aliphatic carbocycles. The topological polar surface area (TPSA) is 50.8 Å².